The number of ether oxygens (including phenoxy) is 2. The SMILES string of the molecule is O=C(COc1cccc(C(F)(F)F)c1)NCc1ccc(N2CCOCC2)cc1C(F)(F)F. The molecule has 174 valence electrons. The fraction of sp³-hybridized carbons (Fsp3) is 0.381. The number of hydrogen-bond acceptors (Lipinski definition) is 4. The zero-order chi connectivity index (χ0) is 23.4. The number of morpholine rings is 1. The van der Waals surface area contributed by atoms with Crippen molar-refractivity contribution in [2.45, 2.75) is 18.9 Å². The van der Waals surface area contributed by atoms with E-state index < -0.39 is 42.5 Å². The number of halogens is 6. The van der Waals surface area contributed by atoms with Gasteiger partial charge in [-0.2, -0.15) is 26.3 Å². The van der Waals surface area contributed by atoms with Gasteiger partial charge in [0.05, 0.1) is 24.3 Å². The molecule has 0 spiro atoms. The second-order valence-electron chi connectivity index (χ2n) is 7.03. The van der Waals surface area contributed by atoms with Gasteiger partial charge in [-0.05, 0) is 35.9 Å². The molecule has 0 aromatic heterocycles. The Hall–Kier alpha value is -2.95. The minimum atomic E-state index is -4.63. The van der Waals surface area contributed by atoms with Crippen LogP contribution in [0.25, 0.3) is 0 Å². The molecule has 5 nitrogen and oxygen atoms in total. The molecule has 0 radical (unpaired) electrons. The molecule has 1 aliphatic heterocycles. The van der Waals surface area contributed by atoms with E-state index in [2.05, 4.69) is 5.32 Å². The molecule has 0 unspecified atom stereocenters. The van der Waals surface area contributed by atoms with E-state index in [0.717, 1.165) is 24.3 Å². The molecule has 0 atom stereocenters. The fourth-order valence-electron chi connectivity index (χ4n) is 3.16. The second-order valence-corrected chi connectivity index (χ2v) is 7.03. The molecular formula is C21H20F6N2O3. The standard InChI is InChI=1S/C21H20F6N2O3/c22-20(23,24)15-2-1-3-17(10-15)32-13-19(30)28-12-14-4-5-16(11-18(14)21(25,26)27)29-6-8-31-9-7-29/h1-5,10-11H,6-9,12-13H2,(H,28,30). The average molecular weight is 462 g/mol. The number of alkyl halides is 6. The predicted molar refractivity (Wildman–Crippen MR) is 103 cm³/mol. The number of amides is 1. The molecule has 32 heavy (non-hydrogen) atoms. The van der Waals surface area contributed by atoms with Gasteiger partial charge < -0.3 is 19.7 Å². The van der Waals surface area contributed by atoms with Crippen LogP contribution in [-0.4, -0.2) is 38.8 Å². The van der Waals surface area contributed by atoms with Gasteiger partial charge in [0.25, 0.3) is 5.91 Å². The quantitative estimate of drug-likeness (QED) is 0.653. The topological polar surface area (TPSA) is 50.8 Å². The number of nitrogens with one attached hydrogen (secondary N) is 1. The molecule has 1 saturated heterocycles. The van der Waals surface area contributed by atoms with E-state index in [1.54, 1.807) is 11.0 Å². The van der Waals surface area contributed by atoms with Crippen LogP contribution in [0.15, 0.2) is 42.5 Å². The summed E-state index contributed by atoms with van der Waals surface area (Å²) in [4.78, 5) is 13.8. The molecule has 1 aliphatic rings. The normalized spacial score (nSPS) is 14.9. The Morgan fingerprint density at radius 2 is 1.72 bits per heavy atom. The number of nitrogens with zero attached hydrogens (tertiary/aromatic N) is 1. The third kappa shape index (κ3) is 6.28. The van der Waals surface area contributed by atoms with Crippen LogP contribution in [0, 0.1) is 0 Å². The maximum atomic E-state index is 13.6. The van der Waals surface area contributed by atoms with Gasteiger partial charge >= 0.3 is 12.4 Å². The Labute approximate surface area is 179 Å². The maximum Gasteiger partial charge on any atom is 0.416 e. The summed E-state index contributed by atoms with van der Waals surface area (Å²) in [6.45, 7) is 0.730. The summed E-state index contributed by atoms with van der Waals surface area (Å²) in [5.41, 5.74) is -1.54. The lowest BCUT2D eigenvalue weighted by molar-refractivity contribution is -0.139. The monoisotopic (exact) mass is 462 g/mol. The number of benzene rings is 2. The van der Waals surface area contributed by atoms with Gasteiger partial charge in [-0.15, -0.1) is 0 Å². The predicted octanol–water partition coefficient (Wildman–Crippen LogP) is 4.26. The molecule has 2 aromatic rings. The Morgan fingerprint density at radius 1 is 1.00 bits per heavy atom. The van der Waals surface area contributed by atoms with Gasteiger partial charge in [0.2, 0.25) is 0 Å². The first-order valence-corrected chi connectivity index (χ1v) is 9.63. The molecule has 1 N–H and O–H groups in total. The van der Waals surface area contributed by atoms with Crippen molar-refractivity contribution in [3.05, 3.63) is 59.2 Å². The van der Waals surface area contributed by atoms with E-state index in [4.69, 9.17) is 9.47 Å². The largest absolute Gasteiger partial charge is 0.484 e. The van der Waals surface area contributed by atoms with E-state index in [-0.39, 0.29) is 11.3 Å². The van der Waals surface area contributed by atoms with E-state index in [9.17, 15) is 31.1 Å². The Morgan fingerprint density at radius 3 is 2.38 bits per heavy atom. The van der Waals surface area contributed by atoms with Crippen LogP contribution in [0.4, 0.5) is 32.0 Å². The molecule has 11 heteroatoms. The summed E-state index contributed by atoms with van der Waals surface area (Å²) in [5, 5.41) is 2.31. The highest BCUT2D eigenvalue weighted by atomic mass is 19.4. The van der Waals surface area contributed by atoms with Crippen LogP contribution >= 0.6 is 0 Å². The molecule has 1 fully saturated rings. The summed E-state index contributed by atoms with van der Waals surface area (Å²) in [7, 11) is 0. The van der Waals surface area contributed by atoms with Crippen LogP contribution in [0.2, 0.25) is 0 Å². The first kappa shape index (κ1) is 23.7. The van der Waals surface area contributed by atoms with Gasteiger partial charge in [0, 0.05) is 25.3 Å². The summed E-state index contributed by atoms with van der Waals surface area (Å²) in [6.07, 6.45) is -9.19. The Kier molecular flexibility index (Phi) is 7.17. The van der Waals surface area contributed by atoms with Crippen molar-refractivity contribution >= 4 is 11.6 Å². The first-order chi connectivity index (χ1) is 15.0. The van der Waals surface area contributed by atoms with Gasteiger partial charge in [-0.1, -0.05) is 12.1 Å². The minimum Gasteiger partial charge on any atom is -0.484 e. The zero-order valence-electron chi connectivity index (χ0n) is 16.7. The third-order valence-electron chi connectivity index (χ3n) is 4.78. The molecule has 0 aliphatic carbocycles. The number of rotatable bonds is 6. The molecule has 0 bridgehead atoms. The van der Waals surface area contributed by atoms with Crippen molar-refractivity contribution in [2.75, 3.05) is 37.8 Å². The highest BCUT2D eigenvalue weighted by Crippen LogP contribution is 2.35. The Bertz CT molecular complexity index is 940. The van der Waals surface area contributed by atoms with Crippen molar-refractivity contribution in [3.8, 4) is 5.75 Å². The average Bonchev–Trinajstić information content (AvgIpc) is 2.76. The van der Waals surface area contributed by atoms with Crippen LogP contribution in [0.5, 0.6) is 5.75 Å². The summed E-state index contributed by atoms with van der Waals surface area (Å²) in [6, 6.07) is 7.83. The third-order valence-corrected chi connectivity index (χ3v) is 4.78. The van der Waals surface area contributed by atoms with Crippen LogP contribution < -0.4 is 15.0 Å². The number of hydrogen-bond donors (Lipinski definition) is 1. The molecule has 0 saturated carbocycles. The molecule has 2 aromatic carbocycles. The van der Waals surface area contributed by atoms with Gasteiger partial charge in [-0.3, -0.25) is 4.79 Å². The van der Waals surface area contributed by atoms with E-state index in [0.29, 0.717) is 32.0 Å². The van der Waals surface area contributed by atoms with E-state index in [1.165, 1.54) is 12.1 Å². The first-order valence-electron chi connectivity index (χ1n) is 9.63. The lowest BCUT2D eigenvalue weighted by Gasteiger charge is -2.29. The van der Waals surface area contributed by atoms with Gasteiger partial charge in [0.15, 0.2) is 6.61 Å². The molecule has 1 amide bonds. The number of anilines is 1. The lowest BCUT2D eigenvalue weighted by atomic mass is 10.0. The minimum absolute atomic E-state index is 0.137. The van der Waals surface area contributed by atoms with Crippen molar-refractivity contribution < 1.29 is 40.6 Å². The zero-order valence-corrected chi connectivity index (χ0v) is 16.7. The summed E-state index contributed by atoms with van der Waals surface area (Å²) in [5.74, 6) is -0.950. The van der Waals surface area contributed by atoms with Crippen molar-refractivity contribution in [1.82, 2.24) is 5.32 Å². The van der Waals surface area contributed by atoms with Crippen LogP contribution in [0.3, 0.4) is 0 Å². The fourth-order valence-corrected chi connectivity index (χ4v) is 3.16. The van der Waals surface area contributed by atoms with E-state index >= 15 is 0 Å². The summed E-state index contributed by atoms with van der Waals surface area (Å²) < 4.78 is 89.1. The Balaban J connectivity index is 1.62. The highest BCUT2D eigenvalue weighted by Gasteiger charge is 2.34. The molecule has 1 heterocycles. The lowest BCUT2D eigenvalue weighted by Crippen LogP contribution is -2.36. The van der Waals surface area contributed by atoms with Crippen LogP contribution in [0.1, 0.15) is 16.7 Å². The smallest absolute Gasteiger partial charge is 0.416 e. The number of carbonyl (C=O) groups excluding carboxylic acids is 1. The van der Waals surface area contributed by atoms with Crippen LogP contribution in [-0.2, 0) is 28.4 Å². The van der Waals surface area contributed by atoms with Gasteiger partial charge in [-0.25, -0.2) is 0 Å². The number of carbonyl (C=O) groups is 1. The van der Waals surface area contributed by atoms with Crippen molar-refractivity contribution in [1.29, 1.82) is 0 Å². The maximum absolute atomic E-state index is 13.6. The molecular weight excluding hydrogens is 442 g/mol. The summed E-state index contributed by atoms with van der Waals surface area (Å²) >= 11 is 0. The molecule has 3 rings (SSSR count). The van der Waals surface area contributed by atoms with Gasteiger partial charge in [0.1, 0.15) is 5.75 Å². The second kappa shape index (κ2) is 9.68. The van der Waals surface area contributed by atoms with Crippen molar-refractivity contribution in [2.24, 2.45) is 0 Å². The highest BCUT2D eigenvalue weighted by molar-refractivity contribution is 5.77. The van der Waals surface area contributed by atoms with Crippen molar-refractivity contribution in [3.63, 3.8) is 0 Å². The van der Waals surface area contributed by atoms with E-state index in [1.807, 2.05) is 0 Å².